The molecule has 0 saturated carbocycles. The van der Waals surface area contributed by atoms with E-state index in [1.807, 2.05) is 32.0 Å². The number of anilines is 1. The van der Waals surface area contributed by atoms with Gasteiger partial charge in [0.2, 0.25) is 5.91 Å². The molecular formula is C25H29N3O5S. The number of amides is 1. The number of aromatic nitrogens is 2. The van der Waals surface area contributed by atoms with Crippen LogP contribution in [0.4, 0.5) is 5.69 Å². The van der Waals surface area contributed by atoms with Crippen molar-refractivity contribution < 1.29 is 19.0 Å². The standard InChI is InChI=1S/C25H29N3O5S/c1-16(2)31-12-6-11-28-24(30)19-7-4-5-8-20(19)27-25(28)34-17(3)23(29)26-18-9-10-21-22(15-18)33-14-13-32-21/h4-5,7-10,15-17H,6,11-14H2,1-3H3,(H,26,29). The third-order valence-electron chi connectivity index (χ3n) is 5.26. The molecule has 1 aromatic heterocycles. The lowest BCUT2D eigenvalue weighted by Crippen LogP contribution is -2.27. The van der Waals surface area contributed by atoms with Crippen LogP contribution in [0.2, 0.25) is 0 Å². The SMILES string of the molecule is CC(C)OCCCn1c(SC(C)C(=O)Nc2ccc3c(c2)OCCO3)nc2ccccc2c1=O. The highest BCUT2D eigenvalue weighted by atomic mass is 32.2. The van der Waals surface area contributed by atoms with Gasteiger partial charge in [-0.3, -0.25) is 14.2 Å². The second-order valence-corrected chi connectivity index (χ2v) is 9.56. The van der Waals surface area contributed by atoms with Crippen molar-refractivity contribution in [2.75, 3.05) is 25.1 Å². The molecule has 4 rings (SSSR count). The van der Waals surface area contributed by atoms with E-state index in [1.54, 1.807) is 35.8 Å². The fourth-order valence-corrected chi connectivity index (χ4v) is 4.49. The van der Waals surface area contributed by atoms with Crippen LogP contribution in [-0.4, -0.2) is 46.6 Å². The highest BCUT2D eigenvalue weighted by molar-refractivity contribution is 8.00. The maximum atomic E-state index is 13.2. The number of ether oxygens (including phenoxy) is 3. The maximum absolute atomic E-state index is 13.2. The topological polar surface area (TPSA) is 91.7 Å². The monoisotopic (exact) mass is 483 g/mol. The van der Waals surface area contributed by atoms with Gasteiger partial charge in [0, 0.05) is 24.9 Å². The molecule has 0 saturated heterocycles. The first-order chi connectivity index (χ1) is 16.4. The van der Waals surface area contributed by atoms with Crippen LogP contribution in [0.25, 0.3) is 10.9 Å². The van der Waals surface area contributed by atoms with Crippen LogP contribution in [0.15, 0.2) is 52.4 Å². The Labute approximate surface area is 202 Å². The Morgan fingerprint density at radius 1 is 1.15 bits per heavy atom. The molecule has 0 radical (unpaired) electrons. The first kappa shape index (κ1) is 24.1. The van der Waals surface area contributed by atoms with Gasteiger partial charge in [-0.2, -0.15) is 0 Å². The summed E-state index contributed by atoms with van der Waals surface area (Å²) in [5.41, 5.74) is 1.12. The zero-order valence-electron chi connectivity index (χ0n) is 19.6. The van der Waals surface area contributed by atoms with Crippen LogP contribution in [-0.2, 0) is 16.1 Å². The minimum Gasteiger partial charge on any atom is -0.486 e. The van der Waals surface area contributed by atoms with Gasteiger partial charge in [-0.1, -0.05) is 23.9 Å². The predicted octanol–water partition coefficient (Wildman–Crippen LogP) is 4.10. The quantitative estimate of drug-likeness (QED) is 0.278. The molecule has 34 heavy (non-hydrogen) atoms. The molecule has 2 aromatic carbocycles. The number of nitrogens with zero attached hydrogens (tertiary/aromatic N) is 2. The molecule has 1 unspecified atom stereocenters. The molecule has 180 valence electrons. The second-order valence-electron chi connectivity index (χ2n) is 8.25. The largest absolute Gasteiger partial charge is 0.486 e. The van der Waals surface area contributed by atoms with Crippen molar-refractivity contribution in [1.29, 1.82) is 0 Å². The molecule has 0 spiro atoms. The molecular weight excluding hydrogens is 454 g/mol. The smallest absolute Gasteiger partial charge is 0.262 e. The molecule has 1 aliphatic rings. The van der Waals surface area contributed by atoms with Crippen molar-refractivity contribution in [2.24, 2.45) is 0 Å². The van der Waals surface area contributed by atoms with E-state index in [0.29, 0.717) is 66.0 Å². The summed E-state index contributed by atoms with van der Waals surface area (Å²) >= 11 is 1.26. The van der Waals surface area contributed by atoms with Crippen molar-refractivity contribution in [3.05, 3.63) is 52.8 Å². The Kier molecular flexibility index (Phi) is 7.74. The van der Waals surface area contributed by atoms with Crippen LogP contribution >= 0.6 is 11.8 Å². The van der Waals surface area contributed by atoms with Crippen LogP contribution in [0, 0.1) is 0 Å². The minimum atomic E-state index is -0.487. The number of hydrogen-bond donors (Lipinski definition) is 1. The number of fused-ring (bicyclic) bond motifs is 2. The molecule has 9 heteroatoms. The number of carbonyl (C=O) groups is 1. The first-order valence-corrected chi connectivity index (χ1v) is 12.3. The highest BCUT2D eigenvalue weighted by Gasteiger charge is 2.21. The van der Waals surface area contributed by atoms with Crippen LogP contribution < -0.4 is 20.3 Å². The van der Waals surface area contributed by atoms with E-state index < -0.39 is 5.25 Å². The van der Waals surface area contributed by atoms with Crippen LogP contribution in [0.1, 0.15) is 27.2 Å². The number of hydrogen-bond acceptors (Lipinski definition) is 7. The van der Waals surface area contributed by atoms with Gasteiger partial charge in [0.1, 0.15) is 13.2 Å². The summed E-state index contributed by atoms with van der Waals surface area (Å²) in [5.74, 6) is 1.08. The van der Waals surface area contributed by atoms with E-state index in [4.69, 9.17) is 19.2 Å². The van der Waals surface area contributed by atoms with Gasteiger partial charge in [-0.25, -0.2) is 4.98 Å². The van der Waals surface area contributed by atoms with Crippen molar-refractivity contribution >= 4 is 34.3 Å². The molecule has 2 heterocycles. The van der Waals surface area contributed by atoms with E-state index in [0.717, 1.165) is 0 Å². The summed E-state index contributed by atoms with van der Waals surface area (Å²) in [7, 11) is 0. The molecule has 0 aliphatic carbocycles. The van der Waals surface area contributed by atoms with E-state index in [1.165, 1.54) is 11.8 Å². The number of benzene rings is 2. The molecule has 8 nitrogen and oxygen atoms in total. The van der Waals surface area contributed by atoms with Crippen molar-refractivity contribution in [3.63, 3.8) is 0 Å². The maximum Gasteiger partial charge on any atom is 0.262 e. The average Bonchev–Trinajstić information content (AvgIpc) is 2.83. The number of para-hydroxylation sites is 1. The molecule has 0 bridgehead atoms. The average molecular weight is 484 g/mol. The van der Waals surface area contributed by atoms with Gasteiger partial charge in [-0.15, -0.1) is 0 Å². The van der Waals surface area contributed by atoms with Gasteiger partial charge in [0.25, 0.3) is 5.56 Å². The highest BCUT2D eigenvalue weighted by Crippen LogP contribution is 2.33. The summed E-state index contributed by atoms with van der Waals surface area (Å²) in [4.78, 5) is 30.8. The zero-order valence-corrected chi connectivity index (χ0v) is 20.4. The third-order valence-corrected chi connectivity index (χ3v) is 6.36. The predicted molar refractivity (Wildman–Crippen MR) is 133 cm³/mol. The Bertz CT molecular complexity index is 1230. The fraction of sp³-hybridized carbons (Fsp3) is 0.400. The summed E-state index contributed by atoms with van der Waals surface area (Å²) in [5, 5.41) is 3.50. The molecule has 0 fully saturated rings. The lowest BCUT2D eigenvalue weighted by atomic mass is 10.2. The van der Waals surface area contributed by atoms with Crippen molar-refractivity contribution in [1.82, 2.24) is 9.55 Å². The Morgan fingerprint density at radius 3 is 2.71 bits per heavy atom. The van der Waals surface area contributed by atoms with Crippen molar-refractivity contribution in [2.45, 2.75) is 50.2 Å². The Morgan fingerprint density at radius 2 is 1.91 bits per heavy atom. The van der Waals surface area contributed by atoms with Gasteiger partial charge in [0.05, 0.1) is 22.3 Å². The third kappa shape index (κ3) is 5.71. The van der Waals surface area contributed by atoms with E-state index in [2.05, 4.69) is 5.32 Å². The zero-order chi connectivity index (χ0) is 24.1. The van der Waals surface area contributed by atoms with Crippen molar-refractivity contribution in [3.8, 4) is 11.5 Å². The molecule has 1 N–H and O–H groups in total. The van der Waals surface area contributed by atoms with E-state index in [-0.39, 0.29) is 17.6 Å². The number of thioether (sulfide) groups is 1. The lowest BCUT2D eigenvalue weighted by molar-refractivity contribution is -0.115. The van der Waals surface area contributed by atoms with Gasteiger partial charge >= 0.3 is 0 Å². The Balaban J connectivity index is 1.51. The summed E-state index contributed by atoms with van der Waals surface area (Å²) < 4.78 is 18.4. The summed E-state index contributed by atoms with van der Waals surface area (Å²) in [6.07, 6.45) is 0.799. The van der Waals surface area contributed by atoms with Gasteiger partial charge in [-0.05, 0) is 51.5 Å². The van der Waals surface area contributed by atoms with Crippen LogP contribution in [0.5, 0.6) is 11.5 Å². The lowest BCUT2D eigenvalue weighted by Gasteiger charge is -2.20. The van der Waals surface area contributed by atoms with E-state index in [9.17, 15) is 9.59 Å². The van der Waals surface area contributed by atoms with E-state index >= 15 is 0 Å². The molecule has 1 amide bonds. The molecule has 1 atom stereocenters. The molecule has 1 aliphatic heterocycles. The minimum absolute atomic E-state index is 0.114. The number of nitrogens with one attached hydrogen (secondary N) is 1. The Hall–Kier alpha value is -3.04. The molecule has 3 aromatic rings. The summed E-state index contributed by atoms with van der Waals surface area (Å²) in [6.45, 7) is 7.75. The fourth-order valence-electron chi connectivity index (χ4n) is 3.55. The second kappa shape index (κ2) is 10.9. The van der Waals surface area contributed by atoms with Crippen LogP contribution in [0.3, 0.4) is 0 Å². The number of rotatable bonds is 9. The summed E-state index contributed by atoms with van der Waals surface area (Å²) in [6, 6.07) is 12.6. The van der Waals surface area contributed by atoms with Gasteiger partial charge < -0.3 is 19.5 Å². The normalized spacial score (nSPS) is 13.8. The first-order valence-electron chi connectivity index (χ1n) is 11.4. The van der Waals surface area contributed by atoms with Gasteiger partial charge in [0.15, 0.2) is 16.7 Å². The number of carbonyl (C=O) groups excluding carboxylic acids is 1.